The van der Waals surface area contributed by atoms with Crippen LogP contribution in [-0.2, 0) is 23.7 Å². The second-order valence-electron chi connectivity index (χ2n) is 6.31. The topological polar surface area (TPSA) is 95.5 Å². The number of aliphatic hydroxyl groups excluding tert-OH is 1. The molecule has 8 heteroatoms. The zero-order chi connectivity index (χ0) is 18.8. The van der Waals surface area contributed by atoms with Crippen molar-refractivity contribution in [1.82, 2.24) is 5.32 Å². The Morgan fingerprint density at radius 3 is 1.76 bits per heavy atom. The second-order valence-corrected chi connectivity index (χ2v) is 6.31. The van der Waals surface area contributed by atoms with Crippen molar-refractivity contribution in [2.75, 3.05) is 66.0 Å². The summed E-state index contributed by atoms with van der Waals surface area (Å²) in [4.78, 5) is 11.4. The molecule has 0 spiro atoms. The molecule has 0 atom stereocenters. The quantitative estimate of drug-likeness (QED) is 0.399. The third kappa shape index (κ3) is 21.0. The Morgan fingerprint density at radius 2 is 1.28 bits per heavy atom. The number of alkyl carbamates (subject to hydrolysis) is 1. The van der Waals surface area contributed by atoms with Crippen molar-refractivity contribution in [1.29, 1.82) is 0 Å². The van der Waals surface area contributed by atoms with Crippen LogP contribution in [0.3, 0.4) is 0 Å². The summed E-state index contributed by atoms with van der Waals surface area (Å²) < 4.78 is 26.3. The summed E-state index contributed by atoms with van der Waals surface area (Å²) in [6.45, 7) is 10.2. The maximum atomic E-state index is 11.4. The van der Waals surface area contributed by atoms with E-state index in [9.17, 15) is 4.79 Å². The molecule has 0 aromatic heterocycles. The molecule has 0 bridgehead atoms. The van der Waals surface area contributed by atoms with Crippen molar-refractivity contribution in [2.24, 2.45) is 0 Å². The molecule has 0 saturated carbocycles. The number of unbranched alkanes of at least 4 members (excludes halogenated alkanes) is 1. The number of amides is 1. The molecule has 2 N–H and O–H groups in total. The average molecular weight is 365 g/mol. The first-order valence-electron chi connectivity index (χ1n) is 8.84. The maximum absolute atomic E-state index is 11.4. The smallest absolute Gasteiger partial charge is 0.407 e. The van der Waals surface area contributed by atoms with Gasteiger partial charge in [0, 0.05) is 13.2 Å². The Bertz CT molecular complexity index is 308. The summed E-state index contributed by atoms with van der Waals surface area (Å²) in [7, 11) is 0. The fourth-order valence-corrected chi connectivity index (χ4v) is 1.66. The number of carbonyl (C=O) groups is 1. The van der Waals surface area contributed by atoms with E-state index < -0.39 is 5.60 Å². The van der Waals surface area contributed by atoms with E-state index in [1.807, 2.05) is 20.8 Å². The minimum absolute atomic E-state index is 0.0311. The molecule has 25 heavy (non-hydrogen) atoms. The molecule has 0 aliphatic rings. The van der Waals surface area contributed by atoms with Crippen molar-refractivity contribution in [2.45, 2.75) is 39.2 Å². The summed E-state index contributed by atoms with van der Waals surface area (Å²) in [5, 5.41) is 11.2. The highest BCUT2D eigenvalue weighted by Crippen LogP contribution is 2.06. The zero-order valence-corrected chi connectivity index (χ0v) is 15.9. The molecule has 0 fully saturated rings. The summed E-state index contributed by atoms with van der Waals surface area (Å²) in [6, 6.07) is 0. The van der Waals surface area contributed by atoms with Crippen molar-refractivity contribution in [3.63, 3.8) is 0 Å². The van der Waals surface area contributed by atoms with Gasteiger partial charge in [-0.1, -0.05) is 0 Å². The van der Waals surface area contributed by atoms with Gasteiger partial charge >= 0.3 is 6.09 Å². The van der Waals surface area contributed by atoms with Crippen LogP contribution in [0.5, 0.6) is 0 Å². The Labute approximate surface area is 151 Å². The van der Waals surface area contributed by atoms with Crippen LogP contribution in [0.25, 0.3) is 0 Å². The Morgan fingerprint density at radius 1 is 0.800 bits per heavy atom. The van der Waals surface area contributed by atoms with Crippen LogP contribution in [0.4, 0.5) is 4.79 Å². The van der Waals surface area contributed by atoms with E-state index in [0.29, 0.717) is 59.4 Å². The molecule has 0 saturated heterocycles. The van der Waals surface area contributed by atoms with E-state index in [1.54, 1.807) is 0 Å². The van der Waals surface area contributed by atoms with Gasteiger partial charge in [-0.2, -0.15) is 0 Å². The first kappa shape index (κ1) is 24.1. The fourth-order valence-electron chi connectivity index (χ4n) is 1.66. The highest BCUT2D eigenvalue weighted by molar-refractivity contribution is 5.67. The monoisotopic (exact) mass is 365 g/mol. The molecule has 0 aliphatic carbocycles. The van der Waals surface area contributed by atoms with Crippen molar-refractivity contribution < 1.29 is 33.6 Å². The van der Waals surface area contributed by atoms with E-state index >= 15 is 0 Å². The van der Waals surface area contributed by atoms with Gasteiger partial charge in [0.15, 0.2) is 0 Å². The molecule has 0 aliphatic heterocycles. The first-order chi connectivity index (χ1) is 12.0. The number of carbonyl (C=O) groups excluding carboxylic acids is 1. The summed E-state index contributed by atoms with van der Waals surface area (Å²) in [6.07, 6.45) is 1.32. The predicted octanol–water partition coefficient (Wildman–Crippen LogP) is 1.35. The van der Waals surface area contributed by atoms with Gasteiger partial charge in [-0.25, -0.2) is 4.79 Å². The van der Waals surface area contributed by atoms with Gasteiger partial charge < -0.3 is 34.1 Å². The SMILES string of the molecule is CC(C)(C)OC(=O)NCCCCOCCOCCOCCOCCO. The lowest BCUT2D eigenvalue weighted by Crippen LogP contribution is -2.33. The highest BCUT2D eigenvalue weighted by atomic mass is 16.6. The van der Waals surface area contributed by atoms with Crippen LogP contribution < -0.4 is 5.32 Å². The Kier molecular flexibility index (Phi) is 15.9. The molecule has 150 valence electrons. The predicted molar refractivity (Wildman–Crippen MR) is 93.8 cm³/mol. The van der Waals surface area contributed by atoms with Crippen molar-refractivity contribution in [3.8, 4) is 0 Å². The zero-order valence-electron chi connectivity index (χ0n) is 15.9. The van der Waals surface area contributed by atoms with Crippen molar-refractivity contribution >= 4 is 6.09 Å². The minimum Gasteiger partial charge on any atom is -0.444 e. The molecule has 0 radical (unpaired) electrons. The molecule has 1 amide bonds. The van der Waals surface area contributed by atoms with E-state index in [4.69, 9.17) is 28.8 Å². The van der Waals surface area contributed by atoms with Gasteiger partial charge in [-0.15, -0.1) is 0 Å². The van der Waals surface area contributed by atoms with Gasteiger partial charge in [0.2, 0.25) is 0 Å². The minimum atomic E-state index is -0.466. The van der Waals surface area contributed by atoms with Crippen molar-refractivity contribution in [3.05, 3.63) is 0 Å². The molecule has 0 rings (SSSR count). The lowest BCUT2D eigenvalue weighted by molar-refractivity contribution is -0.00575. The molecule has 0 aromatic rings. The summed E-state index contributed by atoms with van der Waals surface area (Å²) in [5.41, 5.74) is -0.466. The van der Waals surface area contributed by atoms with E-state index in [2.05, 4.69) is 5.32 Å². The van der Waals surface area contributed by atoms with Crippen LogP contribution >= 0.6 is 0 Å². The molecule has 0 heterocycles. The van der Waals surface area contributed by atoms with Gasteiger partial charge in [-0.05, 0) is 33.6 Å². The molecular weight excluding hydrogens is 330 g/mol. The number of nitrogens with one attached hydrogen (secondary N) is 1. The van der Waals surface area contributed by atoms with E-state index in [0.717, 1.165) is 12.8 Å². The molecular formula is C17H35NO7. The van der Waals surface area contributed by atoms with Gasteiger partial charge in [-0.3, -0.25) is 0 Å². The maximum Gasteiger partial charge on any atom is 0.407 e. The number of aliphatic hydroxyl groups is 1. The lowest BCUT2D eigenvalue weighted by Gasteiger charge is -2.19. The van der Waals surface area contributed by atoms with Crippen LogP contribution in [-0.4, -0.2) is 82.8 Å². The largest absolute Gasteiger partial charge is 0.444 e. The number of hydrogen-bond acceptors (Lipinski definition) is 7. The standard InChI is InChI=1S/C17H35NO7/c1-17(2,3)25-16(20)18-6-4-5-8-21-10-12-23-14-15-24-13-11-22-9-7-19/h19H,4-15H2,1-3H3,(H,18,20). The molecule has 0 unspecified atom stereocenters. The van der Waals surface area contributed by atoms with Crippen LogP contribution in [0, 0.1) is 0 Å². The van der Waals surface area contributed by atoms with Gasteiger partial charge in [0.1, 0.15) is 5.60 Å². The van der Waals surface area contributed by atoms with E-state index in [-0.39, 0.29) is 12.7 Å². The molecule has 8 nitrogen and oxygen atoms in total. The fraction of sp³-hybridized carbons (Fsp3) is 0.941. The number of hydrogen-bond donors (Lipinski definition) is 2. The molecule has 0 aromatic carbocycles. The summed E-state index contributed by atoms with van der Waals surface area (Å²) >= 11 is 0. The second kappa shape index (κ2) is 16.5. The van der Waals surface area contributed by atoms with Crippen LogP contribution in [0.2, 0.25) is 0 Å². The van der Waals surface area contributed by atoms with E-state index in [1.165, 1.54) is 0 Å². The van der Waals surface area contributed by atoms with Crippen LogP contribution in [0.15, 0.2) is 0 Å². The summed E-state index contributed by atoms with van der Waals surface area (Å²) in [5.74, 6) is 0. The third-order valence-corrected chi connectivity index (χ3v) is 2.74. The number of rotatable bonds is 16. The first-order valence-corrected chi connectivity index (χ1v) is 8.84. The Balaban J connectivity index is 3.13. The van der Waals surface area contributed by atoms with Gasteiger partial charge in [0.05, 0.1) is 52.9 Å². The number of ether oxygens (including phenoxy) is 5. The normalized spacial score (nSPS) is 11.5. The Hall–Kier alpha value is -0.930. The lowest BCUT2D eigenvalue weighted by atomic mass is 10.2. The average Bonchev–Trinajstić information content (AvgIpc) is 2.53. The third-order valence-electron chi connectivity index (χ3n) is 2.74. The highest BCUT2D eigenvalue weighted by Gasteiger charge is 2.15. The van der Waals surface area contributed by atoms with Crippen LogP contribution in [0.1, 0.15) is 33.6 Å². The van der Waals surface area contributed by atoms with Gasteiger partial charge in [0.25, 0.3) is 0 Å².